The fourth-order valence-corrected chi connectivity index (χ4v) is 3.41. The van der Waals surface area contributed by atoms with Crippen LogP contribution in [0.15, 0.2) is 6.07 Å². The first-order valence-electron chi connectivity index (χ1n) is 5.97. The van der Waals surface area contributed by atoms with E-state index in [1.807, 2.05) is 6.92 Å². The Hall–Kier alpha value is -1.18. The molecule has 2 aromatic heterocycles. The Morgan fingerprint density at radius 2 is 2.30 bits per heavy atom. The molecule has 0 aliphatic rings. The summed E-state index contributed by atoms with van der Waals surface area (Å²) >= 11 is 13.2. The molecule has 108 valence electrons. The number of halogens is 2. The smallest absolute Gasteiger partial charge is 0.305 e. The summed E-state index contributed by atoms with van der Waals surface area (Å²) in [6.07, 6.45) is 1.45. The minimum Gasteiger partial charge on any atom is -0.481 e. The molecule has 2 aromatic rings. The maximum absolute atomic E-state index is 11.0. The summed E-state index contributed by atoms with van der Waals surface area (Å²) in [6, 6.07) is 1.37. The van der Waals surface area contributed by atoms with Crippen molar-refractivity contribution in [2.75, 3.05) is 0 Å². The zero-order valence-electron chi connectivity index (χ0n) is 10.6. The topological polar surface area (TPSA) is 80.9 Å². The van der Waals surface area contributed by atoms with Crippen molar-refractivity contribution >= 4 is 40.5 Å². The predicted molar refractivity (Wildman–Crippen MR) is 77.3 cm³/mol. The Morgan fingerprint density at radius 3 is 2.85 bits per heavy atom. The second-order valence-electron chi connectivity index (χ2n) is 4.23. The molecule has 0 aliphatic carbocycles. The van der Waals surface area contributed by atoms with Crippen LogP contribution < -0.4 is 0 Å². The molecule has 2 rings (SSSR count). The van der Waals surface area contributed by atoms with Gasteiger partial charge in [-0.15, -0.1) is 16.4 Å². The minimum absolute atomic E-state index is 0.0403. The largest absolute Gasteiger partial charge is 0.481 e. The Bertz CT molecular complexity index is 613. The van der Waals surface area contributed by atoms with E-state index in [-0.39, 0.29) is 12.5 Å². The Labute approximate surface area is 129 Å². The van der Waals surface area contributed by atoms with Gasteiger partial charge in [-0.05, 0) is 22.9 Å². The summed E-state index contributed by atoms with van der Waals surface area (Å²) in [7, 11) is 0. The lowest BCUT2D eigenvalue weighted by Gasteiger charge is -2.15. The van der Waals surface area contributed by atoms with Crippen LogP contribution in [0.25, 0.3) is 11.4 Å². The fourth-order valence-electron chi connectivity index (χ4n) is 1.96. The molecule has 0 radical (unpaired) electrons. The van der Waals surface area contributed by atoms with Crippen LogP contribution in [0.4, 0.5) is 0 Å². The van der Waals surface area contributed by atoms with E-state index in [1.54, 1.807) is 6.07 Å². The van der Waals surface area contributed by atoms with Crippen LogP contribution in [0.5, 0.6) is 0 Å². The van der Waals surface area contributed by atoms with E-state index < -0.39 is 5.97 Å². The fraction of sp³-hybridized carbons (Fsp3) is 0.455. The van der Waals surface area contributed by atoms with Gasteiger partial charge in [-0.2, -0.15) is 0 Å². The van der Waals surface area contributed by atoms with Crippen molar-refractivity contribution in [2.24, 2.45) is 0 Å². The van der Waals surface area contributed by atoms with Gasteiger partial charge in [-0.25, -0.2) is 4.68 Å². The van der Waals surface area contributed by atoms with Crippen LogP contribution in [0.3, 0.4) is 0 Å². The van der Waals surface area contributed by atoms with Crippen molar-refractivity contribution in [2.45, 2.75) is 32.2 Å². The molecule has 20 heavy (non-hydrogen) atoms. The number of hydrogen-bond acceptors (Lipinski definition) is 5. The molecular weight excluding hydrogens is 323 g/mol. The van der Waals surface area contributed by atoms with E-state index >= 15 is 0 Å². The molecular formula is C11H12Cl2N4O2S. The SMILES string of the molecule is CCCC(CC(=O)O)n1nnnc1-c1cc(Cl)sc1Cl. The molecule has 0 bridgehead atoms. The zero-order chi connectivity index (χ0) is 14.7. The van der Waals surface area contributed by atoms with Crippen molar-refractivity contribution in [3.05, 3.63) is 14.7 Å². The third-order valence-corrected chi connectivity index (χ3v) is 4.26. The van der Waals surface area contributed by atoms with E-state index in [1.165, 1.54) is 16.0 Å². The zero-order valence-corrected chi connectivity index (χ0v) is 12.9. The number of thiophene rings is 1. The maximum atomic E-state index is 11.0. The summed E-state index contributed by atoms with van der Waals surface area (Å²) < 4.78 is 2.53. The summed E-state index contributed by atoms with van der Waals surface area (Å²) in [6.45, 7) is 1.98. The maximum Gasteiger partial charge on any atom is 0.305 e. The number of rotatable bonds is 6. The van der Waals surface area contributed by atoms with Crippen molar-refractivity contribution in [3.8, 4) is 11.4 Å². The van der Waals surface area contributed by atoms with Crippen LogP contribution in [-0.4, -0.2) is 31.3 Å². The standard InChI is InChI=1S/C11H12Cl2N4O2S/c1-2-3-6(4-9(18)19)17-11(14-15-16-17)7-5-8(12)20-10(7)13/h5-6H,2-4H2,1H3,(H,18,19). The van der Waals surface area contributed by atoms with Crippen LogP contribution in [0, 0.1) is 0 Å². The summed E-state index contributed by atoms with van der Waals surface area (Å²) in [5.74, 6) is -0.447. The highest BCUT2D eigenvalue weighted by atomic mass is 35.5. The van der Waals surface area contributed by atoms with Gasteiger partial charge in [-0.3, -0.25) is 4.79 Å². The molecule has 0 fully saturated rings. The molecule has 0 aromatic carbocycles. The molecule has 6 nitrogen and oxygen atoms in total. The molecule has 0 aliphatic heterocycles. The second-order valence-corrected chi connectivity index (χ2v) is 6.51. The van der Waals surface area contributed by atoms with E-state index in [0.29, 0.717) is 26.5 Å². The normalized spacial score (nSPS) is 12.6. The number of hydrogen-bond donors (Lipinski definition) is 1. The van der Waals surface area contributed by atoms with Gasteiger partial charge >= 0.3 is 5.97 Å². The van der Waals surface area contributed by atoms with Gasteiger partial charge in [0.05, 0.1) is 22.4 Å². The molecule has 0 saturated heterocycles. The molecule has 0 spiro atoms. The lowest BCUT2D eigenvalue weighted by molar-refractivity contribution is -0.138. The van der Waals surface area contributed by atoms with Crippen LogP contribution >= 0.6 is 34.5 Å². The number of carboxylic acids is 1. The summed E-state index contributed by atoms with van der Waals surface area (Å²) in [5, 5.41) is 20.5. The highest BCUT2D eigenvalue weighted by Gasteiger charge is 2.23. The Morgan fingerprint density at radius 1 is 1.55 bits per heavy atom. The van der Waals surface area contributed by atoms with Crippen molar-refractivity contribution < 1.29 is 9.90 Å². The van der Waals surface area contributed by atoms with E-state index in [4.69, 9.17) is 28.3 Å². The predicted octanol–water partition coefficient (Wildman–Crippen LogP) is 3.52. The Balaban J connectivity index is 2.40. The number of carbonyl (C=O) groups is 1. The third-order valence-electron chi connectivity index (χ3n) is 2.77. The number of tetrazole rings is 1. The van der Waals surface area contributed by atoms with Crippen LogP contribution in [0.1, 0.15) is 32.2 Å². The minimum atomic E-state index is -0.889. The monoisotopic (exact) mass is 334 g/mol. The highest BCUT2D eigenvalue weighted by molar-refractivity contribution is 7.20. The summed E-state index contributed by atoms with van der Waals surface area (Å²) in [5.41, 5.74) is 0.623. The lowest BCUT2D eigenvalue weighted by Crippen LogP contribution is -2.16. The average Bonchev–Trinajstić information content (AvgIpc) is 2.94. The van der Waals surface area contributed by atoms with Crippen LogP contribution in [0.2, 0.25) is 8.67 Å². The molecule has 2 heterocycles. The van der Waals surface area contributed by atoms with Gasteiger partial charge in [0.15, 0.2) is 5.82 Å². The van der Waals surface area contributed by atoms with Gasteiger partial charge in [0.1, 0.15) is 4.34 Å². The first-order valence-corrected chi connectivity index (χ1v) is 7.55. The summed E-state index contributed by atoms with van der Waals surface area (Å²) in [4.78, 5) is 11.0. The van der Waals surface area contributed by atoms with E-state index in [2.05, 4.69) is 15.5 Å². The molecule has 1 atom stereocenters. The highest BCUT2D eigenvalue weighted by Crippen LogP contribution is 2.38. The van der Waals surface area contributed by atoms with Gasteiger partial charge in [-0.1, -0.05) is 36.5 Å². The average molecular weight is 335 g/mol. The second kappa shape index (κ2) is 6.51. The number of aliphatic carboxylic acids is 1. The van der Waals surface area contributed by atoms with Gasteiger partial charge in [0.25, 0.3) is 0 Å². The lowest BCUT2D eigenvalue weighted by atomic mass is 10.1. The van der Waals surface area contributed by atoms with Gasteiger partial charge < -0.3 is 5.11 Å². The third kappa shape index (κ3) is 3.28. The quantitative estimate of drug-likeness (QED) is 0.873. The van der Waals surface area contributed by atoms with Gasteiger partial charge in [0.2, 0.25) is 0 Å². The first kappa shape index (κ1) is 15.2. The number of carboxylic acid groups (broad SMARTS) is 1. The van der Waals surface area contributed by atoms with Crippen molar-refractivity contribution in [1.82, 2.24) is 20.2 Å². The Kier molecular flexibility index (Phi) is 4.95. The molecule has 9 heteroatoms. The molecule has 1 unspecified atom stereocenters. The van der Waals surface area contributed by atoms with E-state index in [0.717, 1.165) is 6.42 Å². The first-order chi connectivity index (χ1) is 9.52. The molecule has 0 amide bonds. The van der Waals surface area contributed by atoms with Crippen molar-refractivity contribution in [3.63, 3.8) is 0 Å². The molecule has 1 N–H and O–H groups in total. The van der Waals surface area contributed by atoms with E-state index in [9.17, 15) is 4.79 Å². The van der Waals surface area contributed by atoms with Gasteiger partial charge in [0, 0.05) is 0 Å². The number of nitrogens with zero attached hydrogens (tertiary/aromatic N) is 4. The number of aromatic nitrogens is 4. The molecule has 0 saturated carbocycles. The van der Waals surface area contributed by atoms with Crippen molar-refractivity contribution in [1.29, 1.82) is 0 Å². The van der Waals surface area contributed by atoms with Crippen LogP contribution in [-0.2, 0) is 4.79 Å².